The van der Waals surface area contributed by atoms with Crippen LogP contribution in [0.4, 0.5) is 0 Å². The molecule has 2 aliphatic rings. The van der Waals surface area contributed by atoms with Gasteiger partial charge in [-0.25, -0.2) is 0 Å². The van der Waals surface area contributed by atoms with Gasteiger partial charge < -0.3 is 24.4 Å². The van der Waals surface area contributed by atoms with Gasteiger partial charge in [0.1, 0.15) is 18.3 Å². The molecule has 0 aliphatic carbocycles. The lowest BCUT2D eigenvalue weighted by atomic mass is 10.1. The molecular formula is C17H32O5S. The molecule has 0 aromatic rings. The summed E-state index contributed by atoms with van der Waals surface area (Å²) >= 11 is 1.78. The fourth-order valence-corrected chi connectivity index (χ4v) is 4.66. The topological polar surface area (TPSA) is 68.2 Å². The Labute approximate surface area is 144 Å². The van der Waals surface area contributed by atoms with Gasteiger partial charge in [0.05, 0.1) is 11.9 Å². The molecule has 2 saturated heterocycles. The Morgan fingerprint density at radius 1 is 1.09 bits per heavy atom. The van der Waals surface area contributed by atoms with Crippen molar-refractivity contribution in [2.75, 3.05) is 12.4 Å². The van der Waals surface area contributed by atoms with E-state index in [0.29, 0.717) is 0 Å². The van der Waals surface area contributed by atoms with E-state index in [0.717, 1.165) is 12.2 Å². The largest absolute Gasteiger partial charge is 0.394 e. The Kier molecular flexibility index (Phi) is 7.63. The lowest BCUT2D eigenvalue weighted by Gasteiger charge is -2.27. The summed E-state index contributed by atoms with van der Waals surface area (Å²) in [4.78, 5) is 0. The number of aliphatic hydroxyl groups excluding tert-OH is 2. The van der Waals surface area contributed by atoms with E-state index in [1.54, 1.807) is 11.8 Å². The molecule has 6 heteroatoms. The van der Waals surface area contributed by atoms with Crippen LogP contribution in [-0.4, -0.2) is 58.2 Å². The zero-order valence-electron chi connectivity index (χ0n) is 14.6. The molecule has 0 aromatic heterocycles. The summed E-state index contributed by atoms with van der Waals surface area (Å²) in [6.45, 7) is 5.68. The first-order valence-electron chi connectivity index (χ1n) is 8.90. The lowest BCUT2D eigenvalue weighted by molar-refractivity contribution is -0.214. The van der Waals surface area contributed by atoms with Gasteiger partial charge in [0.2, 0.25) is 0 Å². The van der Waals surface area contributed by atoms with E-state index in [-0.39, 0.29) is 18.0 Å². The Morgan fingerprint density at radius 3 is 2.48 bits per heavy atom. The number of rotatable bonds is 10. The van der Waals surface area contributed by atoms with Gasteiger partial charge in [-0.1, -0.05) is 39.0 Å². The normalized spacial score (nSPS) is 33.8. The van der Waals surface area contributed by atoms with E-state index >= 15 is 0 Å². The molecule has 0 amide bonds. The highest BCUT2D eigenvalue weighted by atomic mass is 32.2. The average Bonchev–Trinajstić information content (AvgIpc) is 2.98. The van der Waals surface area contributed by atoms with Gasteiger partial charge in [-0.05, 0) is 26.0 Å². The number of aliphatic hydroxyl groups is 2. The van der Waals surface area contributed by atoms with E-state index in [1.807, 2.05) is 13.8 Å². The van der Waals surface area contributed by atoms with Gasteiger partial charge >= 0.3 is 0 Å². The summed E-state index contributed by atoms with van der Waals surface area (Å²) in [6, 6.07) is 0. The van der Waals surface area contributed by atoms with Crippen molar-refractivity contribution in [2.24, 2.45) is 0 Å². The maximum atomic E-state index is 10.0. The second-order valence-electron chi connectivity index (χ2n) is 6.92. The molecule has 0 spiro atoms. The monoisotopic (exact) mass is 348 g/mol. The minimum atomic E-state index is -0.891. The predicted molar refractivity (Wildman–Crippen MR) is 91.4 cm³/mol. The third-order valence-corrected chi connectivity index (χ3v) is 5.85. The van der Waals surface area contributed by atoms with Gasteiger partial charge in [0, 0.05) is 0 Å². The number of unbranched alkanes of at least 4 members (excludes halogenated alkanes) is 5. The van der Waals surface area contributed by atoms with Crippen molar-refractivity contribution in [3.63, 3.8) is 0 Å². The van der Waals surface area contributed by atoms with Crippen LogP contribution in [0.25, 0.3) is 0 Å². The smallest absolute Gasteiger partial charge is 0.188 e. The number of ether oxygens (including phenoxy) is 3. The van der Waals surface area contributed by atoms with E-state index in [2.05, 4.69) is 6.92 Å². The molecule has 0 bridgehead atoms. The molecule has 2 rings (SSSR count). The Balaban J connectivity index is 1.80. The highest BCUT2D eigenvalue weighted by Gasteiger charge is 2.56. The van der Waals surface area contributed by atoms with Gasteiger partial charge in [-0.2, -0.15) is 11.8 Å². The maximum absolute atomic E-state index is 10.0. The van der Waals surface area contributed by atoms with Crippen molar-refractivity contribution in [3.05, 3.63) is 0 Å². The van der Waals surface area contributed by atoms with Gasteiger partial charge in [-0.15, -0.1) is 0 Å². The Morgan fingerprint density at radius 2 is 1.78 bits per heavy atom. The molecule has 1 unspecified atom stereocenters. The zero-order valence-corrected chi connectivity index (χ0v) is 15.4. The SMILES string of the molecule is CCCCCCCCS[C@@H]1[C@H]2OC(C)(C)O[C@H]2O[C@@H]1C(O)CO. The molecule has 2 fully saturated rings. The molecule has 0 aromatic carbocycles. The van der Waals surface area contributed by atoms with Crippen molar-refractivity contribution >= 4 is 11.8 Å². The first-order valence-corrected chi connectivity index (χ1v) is 9.95. The quantitative estimate of drug-likeness (QED) is 0.592. The number of fused-ring (bicyclic) bond motifs is 1. The van der Waals surface area contributed by atoms with Crippen LogP contribution in [0.3, 0.4) is 0 Å². The molecule has 23 heavy (non-hydrogen) atoms. The van der Waals surface area contributed by atoms with Crippen LogP contribution < -0.4 is 0 Å². The standard InChI is InChI=1S/C17H32O5S/c1-4-5-6-7-8-9-10-23-15-13(12(19)11-18)20-16-14(15)21-17(2,3)22-16/h12-16,18-19H,4-11H2,1-3H3/t12?,13-,14-,15+,16-/m1/s1. The molecular weight excluding hydrogens is 316 g/mol. The highest BCUT2D eigenvalue weighted by Crippen LogP contribution is 2.43. The molecule has 0 saturated carbocycles. The first-order chi connectivity index (χ1) is 11.0. The summed E-state index contributed by atoms with van der Waals surface area (Å²) in [7, 11) is 0. The van der Waals surface area contributed by atoms with Crippen LogP contribution in [-0.2, 0) is 14.2 Å². The minimum absolute atomic E-state index is 0.000401. The van der Waals surface area contributed by atoms with Crippen molar-refractivity contribution in [2.45, 2.75) is 94.9 Å². The molecule has 5 atom stereocenters. The second kappa shape index (κ2) is 9.02. The fraction of sp³-hybridized carbons (Fsp3) is 1.00. The molecule has 5 nitrogen and oxygen atoms in total. The number of hydrogen-bond donors (Lipinski definition) is 2. The number of hydrogen-bond acceptors (Lipinski definition) is 6. The van der Waals surface area contributed by atoms with E-state index in [4.69, 9.17) is 14.2 Å². The average molecular weight is 349 g/mol. The minimum Gasteiger partial charge on any atom is -0.394 e. The van der Waals surface area contributed by atoms with E-state index in [1.165, 1.54) is 32.1 Å². The van der Waals surface area contributed by atoms with Gasteiger partial charge in [0.25, 0.3) is 0 Å². The zero-order chi connectivity index (χ0) is 16.9. The molecule has 2 N–H and O–H groups in total. The summed E-state index contributed by atoms with van der Waals surface area (Å²) in [5.41, 5.74) is 0. The third-order valence-electron chi connectivity index (χ3n) is 4.40. The van der Waals surface area contributed by atoms with Crippen LogP contribution in [0.1, 0.15) is 59.3 Å². The second-order valence-corrected chi connectivity index (χ2v) is 8.21. The predicted octanol–water partition coefficient (Wildman–Crippen LogP) is 2.68. The van der Waals surface area contributed by atoms with Gasteiger partial charge in [-0.3, -0.25) is 0 Å². The molecule has 2 heterocycles. The van der Waals surface area contributed by atoms with Gasteiger partial charge in [0.15, 0.2) is 12.1 Å². The van der Waals surface area contributed by atoms with Crippen LogP contribution in [0.5, 0.6) is 0 Å². The van der Waals surface area contributed by atoms with Crippen LogP contribution in [0.2, 0.25) is 0 Å². The van der Waals surface area contributed by atoms with Crippen molar-refractivity contribution in [3.8, 4) is 0 Å². The van der Waals surface area contributed by atoms with Crippen molar-refractivity contribution in [1.29, 1.82) is 0 Å². The van der Waals surface area contributed by atoms with Crippen LogP contribution >= 0.6 is 11.8 Å². The number of thioether (sulfide) groups is 1. The Bertz CT molecular complexity index is 352. The Hall–Kier alpha value is 0.150. The van der Waals surface area contributed by atoms with Crippen molar-refractivity contribution in [1.82, 2.24) is 0 Å². The van der Waals surface area contributed by atoms with Crippen LogP contribution in [0, 0.1) is 0 Å². The summed E-state index contributed by atoms with van der Waals surface area (Å²) in [5.74, 6) is 0.366. The summed E-state index contributed by atoms with van der Waals surface area (Å²) < 4.78 is 17.5. The fourth-order valence-electron chi connectivity index (χ4n) is 3.21. The summed E-state index contributed by atoms with van der Waals surface area (Å²) in [5, 5.41) is 19.3. The lowest BCUT2D eigenvalue weighted by Crippen LogP contribution is -2.40. The summed E-state index contributed by atoms with van der Waals surface area (Å²) in [6.07, 6.45) is 5.64. The first kappa shape index (κ1) is 19.5. The molecule has 0 radical (unpaired) electrons. The molecule has 136 valence electrons. The van der Waals surface area contributed by atoms with E-state index < -0.39 is 24.3 Å². The molecule has 2 aliphatic heterocycles. The maximum Gasteiger partial charge on any atom is 0.188 e. The van der Waals surface area contributed by atoms with Crippen molar-refractivity contribution < 1.29 is 24.4 Å². The van der Waals surface area contributed by atoms with E-state index in [9.17, 15) is 10.2 Å². The highest BCUT2D eigenvalue weighted by molar-refractivity contribution is 8.00. The van der Waals surface area contributed by atoms with Crippen LogP contribution in [0.15, 0.2) is 0 Å². The third kappa shape index (κ3) is 5.31.